The van der Waals surface area contributed by atoms with E-state index in [1.165, 1.54) is 6.33 Å². The van der Waals surface area contributed by atoms with Crippen LogP contribution in [0.1, 0.15) is 36.8 Å². The van der Waals surface area contributed by atoms with E-state index in [4.69, 9.17) is 58.2 Å². The maximum Gasteiger partial charge on any atom is 0.326 e. The van der Waals surface area contributed by atoms with Gasteiger partial charge in [0.25, 0.3) is 0 Å². The number of benzene rings is 1. The number of nitrogen functional groups attached to an aromatic ring is 1. The van der Waals surface area contributed by atoms with Gasteiger partial charge in [0.1, 0.15) is 30.8 Å². The number of aromatic nitrogens is 4. The Morgan fingerprint density at radius 2 is 1.04 bits per heavy atom. The molecule has 2 unspecified atom stereocenters. The SMILES string of the molecule is Nc1nc(OCc2ccc(CNC(=O)CCOCCOCCOCCOCCOCCOCCOCCOCCOCCC(=O)NC(CCC(=O)NC(CS)C(=O)NCC(=O)O)C(=O)O)cc2)c2[nH]cnc2n1. The third-order valence-corrected chi connectivity index (χ3v) is 9.99. The number of nitrogens with zero attached hydrogens (tertiary/aromatic N) is 3. The van der Waals surface area contributed by atoms with E-state index in [2.05, 4.69) is 53.8 Å². The summed E-state index contributed by atoms with van der Waals surface area (Å²) in [4.78, 5) is 86.0. The molecule has 0 fully saturated rings. The summed E-state index contributed by atoms with van der Waals surface area (Å²) in [6.07, 6.45) is 1.04. The van der Waals surface area contributed by atoms with E-state index in [1.807, 2.05) is 24.3 Å². The van der Waals surface area contributed by atoms with Crippen LogP contribution in [0.5, 0.6) is 5.88 Å². The number of aliphatic carboxylic acids is 2. The Hall–Kier alpha value is -5.82. The highest BCUT2D eigenvalue weighted by Crippen LogP contribution is 2.21. The topological polar surface area (TPSA) is 364 Å². The molecule has 28 heteroatoms. The quantitative estimate of drug-likeness (QED) is 0.0243. The van der Waals surface area contributed by atoms with E-state index in [-0.39, 0.29) is 76.3 Å². The summed E-state index contributed by atoms with van der Waals surface area (Å²) in [5.74, 6) is -4.45. The Balaban J connectivity index is 0.988. The van der Waals surface area contributed by atoms with Crippen molar-refractivity contribution in [2.75, 3.05) is 137 Å². The molecular formula is C45H69N9O18S. The number of hydrogen-bond acceptors (Lipinski definition) is 21. The van der Waals surface area contributed by atoms with Crippen molar-refractivity contribution in [1.82, 2.24) is 41.2 Å². The first kappa shape index (κ1) is 61.5. The number of imidazole rings is 1. The van der Waals surface area contributed by atoms with E-state index >= 15 is 0 Å². The van der Waals surface area contributed by atoms with E-state index < -0.39 is 48.3 Å². The van der Waals surface area contributed by atoms with Gasteiger partial charge < -0.3 is 89.6 Å². The number of nitrogens with two attached hydrogens (primary N) is 1. The average molecular weight is 1060 g/mol. The van der Waals surface area contributed by atoms with Gasteiger partial charge in [-0.05, 0) is 17.5 Å². The number of fused-ring (bicyclic) bond motifs is 1. The van der Waals surface area contributed by atoms with Crippen LogP contribution in [0.25, 0.3) is 11.2 Å². The van der Waals surface area contributed by atoms with E-state index in [9.17, 15) is 33.9 Å². The minimum absolute atomic E-state index is 0.0150. The summed E-state index contributed by atoms with van der Waals surface area (Å²) in [5.41, 5.74) is 8.60. The molecule has 2 heterocycles. The largest absolute Gasteiger partial charge is 0.480 e. The first-order valence-electron chi connectivity index (χ1n) is 23.5. The van der Waals surface area contributed by atoms with Crippen molar-refractivity contribution in [3.05, 3.63) is 41.7 Å². The van der Waals surface area contributed by atoms with Crippen molar-refractivity contribution in [3.63, 3.8) is 0 Å². The van der Waals surface area contributed by atoms with Gasteiger partial charge >= 0.3 is 11.9 Å². The zero-order valence-electron chi connectivity index (χ0n) is 40.7. The van der Waals surface area contributed by atoms with E-state index in [0.717, 1.165) is 11.1 Å². The number of ether oxygens (including phenoxy) is 10. The van der Waals surface area contributed by atoms with E-state index in [1.54, 1.807) is 0 Å². The molecule has 1 aromatic carbocycles. The van der Waals surface area contributed by atoms with Crippen LogP contribution in [-0.2, 0) is 84.6 Å². The van der Waals surface area contributed by atoms with Gasteiger partial charge in [0.2, 0.25) is 35.5 Å². The fourth-order valence-corrected chi connectivity index (χ4v) is 6.12. The number of H-pyrrole nitrogens is 1. The lowest BCUT2D eigenvalue weighted by molar-refractivity contribution is -0.142. The number of amides is 4. The van der Waals surface area contributed by atoms with Crippen LogP contribution < -0.4 is 31.7 Å². The zero-order valence-corrected chi connectivity index (χ0v) is 41.6. The van der Waals surface area contributed by atoms with Crippen LogP contribution in [0.4, 0.5) is 5.95 Å². The molecule has 0 aliphatic carbocycles. The first-order valence-corrected chi connectivity index (χ1v) is 24.1. The summed E-state index contributed by atoms with van der Waals surface area (Å²) >= 11 is 3.96. The van der Waals surface area contributed by atoms with Crippen LogP contribution in [-0.4, -0.2) is 209 Å². The third kappa shape index (κ3) is 29.5. The summed E-state index contributed by atoms with van der Waals surface area (Å²) < 4.78 is 55.0. The second-order valence-electron chi connectivity index (χ2n) is 15.3. The van der Waals surface area contributed by atoms with Crippen molar-refractivity contribution in [3.8, 4) is 5.88 Å². The number of nitrogens with one attached hydrogen (secondary N) is 5. The highest BCUT2D eigenvalue weighted by atomic mass is 32.1. The first-order chi connectivity index (χ1) is 35.4. The normalized spacial score (nSPS) is 12.0. The molecule has 0 radical (unpaired) electrons. The van der Waals surface area contributed by atoms with E-state index in [0.29, 0.717) is 116 Å². The standard InChI is InChI=1S/C45H69N9O18S/c46-45-53-41-40(49-31-50-41)43(54-45)72-29-33-3-1-32(2-4-33)27-47-36(55)7-9-63-11-13-65-15-17-67-19-21-69-23-25-71-26-24-70-22-20-68-18-16-66-14-12-64-10-8-38(57)51-34(44(61)62)5-6-37(56)52-35(30-73)42(60)48-28-39(58)59/h1-4,31,34-35,73H,5-30H2,(H,47,55)(H,48,60)(H,51,57)(H,52,56)(H,58,59)(H,61,62)(H3,46,49,50,53,54). The molecule has 3 aromatic rings. The van der Waals surface area contributed by atoms with Crippen LogP contribution in [0, 0.1) is 0 Å². The Morgan fingerprint density at radius 3 is 1.52 bits per heavy atom. The Bertz CT molecular complexity index is 2050. The maximum atomic E-state index is 12.2. The van der Waals surface area contributed by atoms with Crippen LogP contribution in [0.3, 0.4) is 0 Å². The fourth-order valence-electron chi connectivity index (χ4n) is 5.86. The molecule has 0 saturated carbocycles. The highest BCUT2D eigenvalue weighted by molar-refractivity contribution is 7.80. The lowest BCUT2D eigenvalue weighted by Gasteiger charge is -2.17. The van der Waals surface area contributed by atoms with Crippen LogP contribution in [0.15, 0.2) is 30.6 Å². The number of carboxylic acids is 2. The number of carbonyl (C=O) groups is 6. The van der Waals surface area contributed by atoms with Gasteiger partial charge in [0.05, 0.1) is 125 Å². The van der Waals surface area contributed by atoms with Crippen molar-refractivity contribution in [2.24, 2.45) is 0 Å². The van der Waals surface area contributed by atoms with Gasteiger partial charge in [-0.2, -0.15) is 22.6 Å². The lowest BCUT2D eigenvalue weighted by atomic mass is 10.1. The van der Waals surface area contributed by atoms with Crippen molar-refractivity contribution >= 4 is 65.3 Å². The number of anilines is 1. The molecule has 2 aromatic heterocycles. The molecule has 4 amide bonds. The number of carbonyl (C=O) groups excluding carboxylic acids is 4. The van der Waals surface area contributed by atoms with Gasteiger partial charge in [-0.1, -0.05) is 24.3 Å². The summed E-state index contributed by atoms with van der Waals surface area (Å²) in [7, 11) is 0. The Labute approximate surface area is 427 Å². The Morgan fingerprint density at radius 1 is 0.589 bits per heavy atom. The molecule has 3 rings (SSSR count). The van der Waals surface area contributed by atoms with Crippen molar-refractivity contribution in [1.29, 1.82) is 0 Å². The summed E-state index contributed by atoms with van der Waals surface area (Å²) in [6, 6.07) is 5.19. The molecule has 0 spiro atoms. The van der Waals surface area contributed by atoms with Gasteiger partial charge in [-0.3, -0.25) is 24.0 Å². The van der Waals surface area contributed by atoms with Gasteiger partial charge in [0.15, 0.2) is 5.65 Å². The van der Waals surface area contributed by atoms with Crippen molar-refractivity contribution in [2.45, 2.75) is 50.9 Å². The molecule has 27 nitrogen and oxygen atoms in total. The van der Waals surface area contributed by atoms with Crippen LogP contribution >= 0.6 is 12.6 Å². The summed E-state index contributed by atoms with van der Waals surface area (Å²) in [6.45, 7) is 6.25. The number of hydrogen-bond donors (Lipinski definition) is 9. The molecular weight excluding hydrogens is 987 g/mol. The second kappa shape index (κ2) is 38.8. The number of rotatable bonds is 45. The second-order valence-corrected chi connectivity index (χ2v) is 15.7. The third-order valence-electron chi connectivity index (χ3n) is 9.62. The number of carboxylic acid groups (broad SMARTS) is 2. The average Bonchev–Trinajstić information content (AvgIpc) is 3.85. The van der Waals surface area contributed by atoms with Crippen molar-refractivity contribution < 1.29 is 86.3 Å². The minimum Gasteiger partial charge on any atom is -0.480 e. The monoisotopic (exact) mass is 1060 g/mol. The fraction of sp³-hybridized carbons (Fsp3) is 0.622. The highest BCUT2D eigenvalue weighted by Gasteiger charge is 2.24. The predicted octanol–water partition coefficient (Wildman–Crippen LogP) is -0.975. The Kier molecular flexibility index (Phi) is 32.6. The van der Waals surface area contributed by atoms with Gasteiger partial charge in [-0.25, -0.2) is 9.78 Å². The lowest BCUT2D eigenvalue weighted by Crippen LogP contribution is -2.49. The van der Waals surface area contributed by atoms with Crippen LogP contribution in [0.2, 0.25) is 0 Å². The zero-order chi connectivity index (χ0) is 52.7. The molecule has 0 aliphatic heterocycles. The molecule has 2 atom stereocenters. The molecule has 73 heavy (non-hydrogen) atoms. The molecule has 408 valence electrons. The molecule has 0 bridgehead atoms. The maximum absolute atomic E-state index is 12.2. The smallest absolute Gasteiger partial charge is 0.326 e. The molecule has 9 N–H and O–H groups in total. The minimum atomic E-state index is -1.35. The van der Waals surface area contributed by atoms with Gasteiger partial charge in [-0.15, -0.1) is 0 Å². The summed E-state index contributed by atoms with van der Waals surface area (Å²) in [5, 5.41) is 27.8. The number of aromatic amines is 1. The van der Waals surface area contributed by atoms with Gasteiger partial charge in [0, 0.05) is 31.6 Å². The predicted molar refractivity (Wildman–Crippen MR) is 261 cm³/mol. The number of thiol groups is 1. The molecule has 0 aliphatic rings. The molecule has 0 saturated heterocycles.